The molecule has 1 aromatic heterocycles. The molecule has 0 radical (unpaired) electrons. The molecule has 0 spiro atoms. The number of piperidine rings is 1. The Morgan fingerprint density at radius 1 is 1.36 bits per heavy atom. The summed E-state index contributed by atoms with van der Waals surface area (Å²) in [6.07, 6.45) is 4.75. The molecule has 2 aromatic rings. The number of nitrogens with one attached hydrogen (secondary N) is 1. The molecule has 28 heavy (non-hydrogen) atoms. The highest BCUT2D eigenvalue weighted by Crippen LogP contribution is 2.25. The third-order valence-corrected chi connectivity index (χ3v) is 6.26. The van der Waals surface area contributed by atoms with E-state index in [1.165, 1.54) is 0 Å². The van der Waals surface area contributed by atoms with Gasteiger partial charge < -0.3 is 10.1 Å². The topological polar surface area (TPSA) is 91.1 Å². The van der Waals surface area contributed by atoms with E-state index in [9.17, 15) is 9.47 Å². The Labute approximate surface area is 179 Å². The predicted molar refractivity (Wildman–Crippen MR) is 112 cm³/mol. The Hall–Kier alpha value is -1.73. The molecular weight excluding hydrogens is 466 g/mol. The first-order valence-corrected chi connectivity index (χ1v) is 11.3. The van der Waals surface area contributed by atoms with Crippen LogP contribution in [0.15, 0.2) is 35.5 Å². The van der Waals surface area contributed by atoms with Crippen LogP contribution in [-0.4, -0.2) is 49.6 Å². The monoisotopic (exact) mass is 483 g/mol. The van der Waals surface area contributed by atoms with Gasteiger partial charge in [0.1, 0.15) is 22.8 Å². The number of benzene rings is 1. The molecule has 1 aliphatic heterocycles. The summed E-state index contributed by atoms with van der Waals surface area (Å²) in [6.45, 7) is 1.79. The van der Waals surface area contributed by atoms with Crippen molar-refractivity contribution in [3.8, 4) is 11.8 Å². The molecule has 10 heteroatoms. The molecule has 0 saturated carbocycles. The maximum atomic E-state index is 13.0. The third-order valence-electron chi connectivity index (χ3n) is 4.25. The summed E-state index contributed by atoms with van der Waals surface area (Å²) < 4.78 is 20.5. The molecule has 0 amide bonds. The Morgan fingerprint density at radius 3 is 2.71 bits per heavy atom. The average Bonchev–Trinajstić information content (AvgIpc) is 2.73. The van der Waals surface area contributed by atoms with Gasteiger partial charge in [-0.25, -0.2) is 18.5 Å². The number of anilines is 1. The van der Waals surface area contributed by atoms with Crippen LogP contribution in [0, 0.1) is 11.3 Å². The van der Waals surface area contributed by atoms with Gasteiger partial charge in [-0.1, -0.05) is 27.5 Å². The van der Waals surface area contributed by atoms with E-state index in [4.69, 9.17) is 16.3 Å². The number of ether oxygens (including phenoxy) is 1. The number of aromatic nitrogens is 2. The molecule has 1 atom stereocenters. The molecule has 1 unspecified atom stereocenters. The summed E-state index contributed by atoms with van der Waals surface area (Å²) >= 11 is 9.10. The van der Waals surface area contributed by atoms with Crippen LogP contribution in [-0.2, 0) is 11.0 Å². The van der Waals surface area contributed by atoms with Gasteiger partial charge in [0.05, 0.1) is 34.5 Å². The van der Waals surface area contributed by atoms with Gasteiger partial charge >= 0.3 is 0 Å². The van der Waals surface area contributed by atoms with Crippen LogP contribution in [0.1, 0.15) is 18.4 Å². The van der Waals surface area contributed by atoms with Crippen molar-refractivity contribution >= 4 is 44.5 Å². The van der Waals surface area contributed by atoms with Gasteiger partial charge in [-0.15, -0.1) is 0 Å². The van der Waals surface area contributed by atoms with Crippen LogP contribution < -0.4 is 10.1 Å². The van der Waals surface area contributed by atoms with E-state index in [-0.39, 0.29) is 6.04 Å². The summed E-state index contributed by atoms with van der Waals surface area (Å²) in [5, 5.41) is 13.7. The molecule has 1 saturated heterocycles. The van der Waals surface area contributed by atoms with E-state index < -0.39 is 11.0 Å². The molecule has 0 aliphatic carbocycles. The molecule has 148 valence electrons. The Kier molecular flexibility index (Phi) is 7.62. The number of hydrogen-bond acceptors (Lipinski definition) is 6. The Balaban J connectivity index is 1.60. The van der Waals surface area contributed by atoms with Crippen LogP contribution in [0.5, 0.6) is 5.75 Å². The number of nitrogens with zero attached hydrogens (tertiary/aromatic N) is 4. The second-order valence-corrected chi connectivity index (χ2v) is 8.84. The molecule has 1 aliphatic rings. The maximum absolute atomic E-state index is 13.0. The van der Waals surface area contributed by atoms with E-state index in [0.717, 1.165) is 12.8 Å². The largest absolute Gasteiger partial charge is 0.491 e. The van der Waals surface area contributed by atoms with Gasteiger partial charge in [0.15, 0.2) is 0 Å². The van der Waals surface area contributed by atoms with Crippen LogP contribution in [0.4, 0.5) is 5.95 Å². The fraction of sp³-hybridized carbons (Fsp3) is 0.389. The van der Waals surface area contributed by atoms with Crippen molar-refractivity contribution in [3.63, 3.8) is 0 Å². The van der Waals surface area contributed by atoms with Gasteiger partial charge in [-0.3, -0.25) is 0 Å². The van der Waals surface area contributed by atoms with E-state index in [1.807, 2.05) is 4.31 Å². The van der Waals surface area contributed by atoms with Crippen molar-refractivity contribution in [2.75, 3.05) is 30.3 Å². The minimum absolute atomic E-state index is 0.216. The first-order chi connectivity index (χ1) is 13.6. The van der Waals surface area contributed by atoms with E-state index >= 15 is 0 Å². The number of hydrogen-bond donors (Lipinski definition) is 1. The highest BCUT2D eigenvalue weighted by atomic mass is 79.9. The zero-order valence-corrected chi connectivity index (χ0v) is 18.1. The summed E-state index contributed by atoms with van der Waals surface area (Å²) in [6, 6.07) is 7.39. The van der Waals surface area contributed by atoms with Gasteiger partial charge in [0.25, 0.3) is 0 Å². The van der Waals surface area contributed by atoms with Crippen LogP contribution in [0.25, 0.3) is 0 Å². The Morgan fingerprint density at radius 2 is 2.07 bits per heavy atom. The lowest BCUT2D eigenvalue weighted by molar-refractivity contribution is 0.340. The first-order valence-electron chi connectivity index (χ1n) is 8.74. The summed E-state index contributed by atoms with van der Waals surface area (Å²) in [7, 11) is -1.30. The van der Waals surface area contributed by atoms with Crippen molar-refractivity contribution in [1.29, 1.82) is 5.26 Å². The van der Waals surface area contributed by atoms with Crippen LogP contribution >= 0.6 is 27.5 Å². The molecule has 1 N–H and O–H groups in total. The number of rotatable bonds is 7. The van der Waals surface area contributed by atoms with Crippen molar-refractivity contribution < 1.29 is 8.95 Å². The van der Waals surface area contributed by atoms with Gasteiger partial charge in [-0.05, 0) is 31.0 Å². The maximum Gasteiger partial charge on any atom is 0.222 e. The Bertz CT molecular complexity index is 869. The average molecular weight is 485 g/mol. The van der Waals surface area contributed by atoms with Crippen molar-refractivity contribution in [2.45, 2.75) is 23.8 Å². The molecule has 7 nitrogen and oxygen atoms in total. The number of halogens is 2. The fourth-order valence-electron chi connectivity index (χ4n) is 2.86. The molecule has 0 bridgehead atoms. The normalized spacial score (nSPS) is 16.3. The van der Waals surface area contributed by atoms with Gasteiger partial charge in [-0.2, -0.15) is 5.26 Å². The minimum Gasteiger partial charge on any atom is -0.491 e. The minimum atomic E-state index is -1.30. The molecule has 1 aromatic carbocycles. The zero-order valence-electron chi connectivity index (χ0n) is 15.0. The molecule has 3 rings (SSSR count). The number of nitriles is 1. The lowest BCUT2D eigenvalue weighted by atomic mass is 10.1. The quantitative estimate of drug-likeness (QED) is 0.606. The van der Waals surface area contributed by atoms with E-state index in [0.29, 0.717) is 52.2 Å². The first kappa shape index (κ1) is 21.0. The highest BCUT2D eigenvalue weighted by Gasteiger charge is 2.24. The highest BCUT2D eigenvalue weighted by molar-refractivity contribution is 9.09. The summed E-state index contributed by atoms with van der Waals surface area (Å²) in [4.78, 5) is 8.94. The molecular formula is C18H19BrClN5O2S. The predicted octanol–water partition coefficient (Wildman–Crippen LogP) is 3.37. The van der Waals surface area contributed by atoms with Crippen molar-refractivity contribution in [2.24, 2.45) is 0 Å². The van der Waals surface area contributed by atoms with Crippen molar-refractivity contribution in [1.82, 2.24) is 14.3 Å². The zero-order chi connectivity index (χ0) is 19.9. The lowest BCUT2D eigenvalue weighted by Crippen LogP contribution is -2.40. The van der Waals surface area contributed by atoms with Gasteiger partial charge in [0, 0.05) is 24.5 Å². The molecule has 1 fully saturated rings. The van der Waals surface area contributed by atoms with Crippen molar-refractivity contribution in [3.05, 3.63) is 41.2 Å². The summed E-state index contributed by atoms with van der Waals surface area (Å²) in [5.41, 5.74) is 0.438. The lowest BCUT2D eigenvalue weighted by Gasteiger charge is -2.31. The van der Waals surface area contributed by atoms with E-state index in [2.05, 4.69) is 37.3 Å². The van der Waals surface area contributed by atoms with Crippen LogP contribution in [0.2, 0.25) is 5.02 Å². The SMILES string of the molecule is N#Cc1ccc(S(=O)N2CCC(Nc3ncc(Cl)cn3)CC2)cc1OCCBr. The fourth-order valence-corrected chi connectivity index (χ4v) is 4.35. The molecule has 2 heterocycles. The van der Waals surface area contributed by atoms with Gasteiger partial charge in [0.2, 0.25) is 5.95 Å². The smallest absolute Gasteiger partial charge is 0.222 e. The second kappa shape index (κ2) is 10.2. The third kappa shape index (κ3) is 5.41. The standard InChI is InChI=1S/C18H19BrClN5O2S/c19-5-8-27-17-9-16(2-1-13(17)10-21)28(26)25-6-3-15(4-7-25)24-18-22-11-14(20)12-23-18/h1-2,9,11-12,15H,3-8H2,(H,22,23,24). The second-order valence-electron chi connectivity index (χ2n) is 6.13. The van der Waals surface area contributed by atoms with Crippen LogP contribution in [0.3, 0.4) is 0 Å². The van der Waals surface area contributed by atoms with E-state index in [1.54, 1.807) is 30.6 Å². The summed E-state index contributed by atoms with van der Waals surface area (Å²) in [5.74, 6) is 1.01. The number of alkyl halides is 1.